The van der Waals surface area contributed by atoms with Crippen molar-refractivity contribution in [2.24, 2.45) is 7.05 Å². The molecule has 2 aromatic heterocycles. The summed E-state index contributed by atoms with van der Waals surface area (Å²) in [4.78, 5) is 20.5. The number of hydrogen-bond donors (Lipinski definition) is 3. The number of carbonyl (C=O) groups excluding carboxylic acids is 1. The first-order valence-electron chi connectivity index (χ1n) is 9.90. The molecule has 0 fully saturated rings. The summed E-state index contributed by atoms with van der Waals surface area (Å²) in [7, 11) is 1.77. The van der Waals surface area contributed by atoms with E-state index < -0.39 is 17.5 Å². The number of benzene rings is 2. The number of amides is 1. The molecule has 172 valence electrons. The van der Waals surface area contributed by atoms with Gasteiger partial charge < -0.3 is 16.0 Å². The Kier molecular flexibility index (Phi) is 6.64. The van der Waals surface area contributed by atoms with Crippen molar-refractivity contribution in [1.29, 1.82) is 0 Å². The molecule has 0 spiro atoms. The van der Waals surface area contributed by atoms with Crippen LogP contribution in [0.25, 0.3) is 11.1 Å². The lowest BCUT2D eigenvalue weighted by Crippen LogP contribution is -2.08. The zero-order chi connectivity index (χ0) is 24.2. The minimum atomic E-state index is -0.580. The highest BCUT2D eigenvalue weighted by Gasteiger charge is 2.14. The number of aryl methyl sites for hydroxylation is 1. The van der Waals surface area contributed by atoms with Crippen molar-refractivity contribution in [3.05, 3.63) is 83.8 Å². The van der Waals surface area contributed by atoms with Crippen LogP contribution in [0, 0.1) is 11.6 Å². The summed E-state index contributed by atoms with van der Waals surface area (Å²) in [6.45, 7) is 3.39. The van der Waals surface area contributed by atoms with Crippen LogP contribution in [0.3, 0.4) is 0 Å². The van der Waals surface area contributed by atoms with Crippen LogP contribution in [-0.2, 0) is 11.8 Å². The standard InChI is InChI=1S/C23H18BrF2N7O/c1-3-21(34)29-15-7-14(25)8-16(9-15)30-22-18(13-4-5-19(24)20(26)6-13)11-27-23(32-22)31-17-10-28-33(2)12-17/h3-12H,1H2,2H3,(H,29,34)(H2,27,30,31,32). The number of hydrogen-bond acceptors (Lipinski definition) is 6. The summed E-state index contributed by atoms with van der Waals surface area (Å²) in [5, 5.41) is 12.7. The molecular formula is C23H18BrF2N7O. The second-order valence-corrected chi connectivity index (χ2v) is 8.01. The number of rotatable bonds is 7. The molecule has 0 aliphatic rings. The lowest BCUT2D eigenvalue weighted by molar-refractivity contribution is -0.111. The van der Waals surface area contributed by atoms with Crippen molar-refractivity contribution >= 4 is 50.7 Å². The first-order chi connectivity index (χ1) is 16.3. The quantitative estimate of drug-likeness (QED) is 0.274. The highest BCUT2D eigenvalue weighted by atomic mass is 79.9. The molecule has 11 heteroatoms. The molecule has 0 unspecified atom stereocenters. The van der Waals surface area contributed by atoms with Crippen molar-refractivity contribution in [3.63, 3.8) is 0 Å². The Morgan fingerprint density at radius 3 is 2.59 bits per heavy atom. The largest absolute Gasteiger partial charge is 0.339 e. The van der Waals surface area contributed by atoms with E-state index in [1.807, 2.05) is 0 Å². The van der Waals surface area contributed by atoms with E-state index in [4.69, 9.17) is 0 Å². The SMILES string of the molecule is C=CC(=O)Nc1cc(F)cc(Nc2nc(Nc3cnn(C)c3)ncc2-c2ccc(Br)c(F)c2)c1. The van der Waals surface area contributed by atoms with E-state index in [-0.39, 0.29) is 17.5 Å². The van der Waals surface area contributed by atoms with Gasteiger partial charge in [0.05, 0.1) is 16.4 Å². The highest BCUT2D eigenvalue weighted by molar-refractivity contribution is 9.10. The number of nitrogens with zero attached hydrogens (tertiary/aromatic N) is 4. The van der Waals surface area contributed by atoms with Gasteiger partial charge in [0.25, 0.3) is 0 Å². The Morgan fingerprint density at radius 2 is 1.88 bits per heavy atom. The van der Waals surface area contributed by atoms with Gasteiger partial charge in [0.1, 0.15) is 17.5 Å². The fourth-order valence-electron chi connectivity index (χ4n) is 3.09. The van der Waals surface area contributed by atoms with Gasteiger partial charge >= 0.3 is 0 Å². The summed E-state index contributed by atoms with van der Waals surface area (Å²) in [6, 6.07) is 8.56. The Labute approximate surface area is 201 Å². The lowest BCUT2D eigenvalue weighted by Gasteiger charge is -2.14. The van der Waals surface area contributed by atoms with Crippen LogP contribution in [0.2, 0.25) is 0 Å². The van der Waals surface area contributed by atoms with Crippen LogP contribution < -0.4 is 16.0 Å². The molecule has 1 amide bonds. The monoisotopic (exact) mass is 525 g/mol. The van der Waals surface area contributed by atoms with Gasteiger partial charge in [0.2, 0.25) is 11.9 Å². The third kappa shape index (κ3) is 5.44. The van der Waals surface area contributed by atoms with Crippen LogP contribution in [0.5, 0.6) is 0 Å². The molecule has 0 radical (unpaired) electrons. The number of anilines is 5. The van der Waals surface area contributed by atoms with E-state index in [1.54, 1.807) is 36.3 Å². The maximum atomic E-state index is 14.2. The van der Waals surface area contributed by atoms with Gasteiger partial charge in [-0.15, -0.1) is 0 Å². The highest BCUT2D eigenvalue weighted by Crippen LogP contribution is 2.32. The zero-order valence-corrected chi connectivity index (χ0v) is 19.4. The topological polar surface area (TPSA) is 96.8 Å². The zero-order valence-electron chi connectivity index (χ0n) is 17.8. The van der Waals surface area contributed by atoms with E-state index in [1.165, 1.54) is 30.5 Å². The van der Waals surface area contributed by atoms with E-state index >= 15 is 0 Å². The molecule has 0 saturated carbocycles. The van der Waals surface area contributed by atoms with Crippen LogP contribution >= 0.6 is 15.9 Å². The summed E-state index contributed by atoms with van der Waals surface area (Å²) < 4.78 is 30.4. The van der Waals surface area contributed by atoms with E-state index in [2.05, 4.69) is 53.5 Å². The fraction of sp³-hybridized carbons (Fsp3) is 0.0435. The summed E-state index contributed by atoms with van der Waals surface area (Å²) in [6.07, 6.45) is 5.96. The van der Waals surface area contributed by atoms with Crippen LogP contribution in [0.15, 0.2) is 72.1 Å². The third-order valence-corrected chi connectivity index (χ3v) is 5.24. The van der Waals surface area contributed by atoms with Crippen LogP contribution in [0.1, 0.15) is 0 Å². The molecule has 0 atom stereocenters. The van der Waals surface area contributed by atoms with Crippen LogP contribution in [0.4, 0.5) is 37.6 Å². The van der Waals surface area contributed by atoms with Crippen molar-refractivity contribution in [1.82, 2.24) is 19.7 Å². The molecule has 0 bridgehead atoms. The smallest absolute Gasteiger partial charge is 0.247 e. The number of aromatic nitrogens is 4. The molecule has 3 N–H and O–H groups in total. The Hall–Kier alpha value is -4.12. The Balaban J connectivity index is 1.74. The molecule has 4 aromatic rings. The maximum absolute atomic E-state index is 14.2. The first-order valence-corrected chi connectivity index (χ1v) is 10.7. The molecule has 0 aliphatic heterocycles. The Morgan fingerprint density at radius 1 is 1.09 bits per heavy atom. The maximum Gasteiger partial charge on any atom is 0.247 e. The Bertz CT molecular complexity index is 1390. The van der Waals surface area contributed by atoms with E-state index in [0.717, 1.165) is 6.08 Å². The summed E-state index contributed by atoms with van der Waals surface area (Å²) in [5.74, 6) is -0.986. The van der Waals surface area contributed by atoms with Crippen molar-refractivity contribution < 1.29 is 13.6 Å². The predicted octanol–water partition coefficient (Wildman–Crippen LogP) is 5.53. The number of nitrogens with one attached hydrogen (secondary N) is 3. The summed E-state index contributed by atoms with van der Waals surface area (Å²) in [5.41, 5.74) is 2.18. The van der Waals surface area contributed by atoms with Gasteiger partial charge in [0.15, 0.2) is 0 Å². The first kappa shape index (κ1) is 23.1. The molecule has 0 saturated heterocycles. The van der Waals surface area contributed by atoms with Gasteiger partial charge in [-0.25, -0.2) is 13.8 Å². The second-order valence-electron chi connectivity index (χ2n) is 7.16. The minimum absolute atomic E-state index is 0.228. The molecule has 4 rings (SSSR count). The molecule has 0 aliphatic carbocycles. The normalized spacial score (nSPS) is 10.6. The van der Waals surface area contributed by atoms with Gasteiger partial charge in [-0.3, -0.25) is 9.48 Å². The number of carbonyl (C=O) groups is 1. The molecule has 8 nitrogen and oxygen atoms in total. The average molecular weight is 526 g/mol. The lowest BCUT2D eigenvalue weighted by atomic mass is 10.1. The minimum Gasteiger partial charge on any atom is -0.339 e. The predicted molar refractivity (Wildman–Crippen MR) is 130 cm³/mol. The van der Waals surface area contributed by atoms with Crippen molar-refractivity contribution in [3.8, 4) is 11.1 Å². The second kappa shape index (κ2) is 9.79. The molecule has 2 heterocycles. The molecule has 34 heavy (non-hydrogen) atoms. The molecular weight excluding hydrogens is 508 g/mol. The van der Waals surface area contributed by atoms with Gasteiger partial charge in [-0.2, -0.15) is 10.1 Å². The fourth-order valence-corrected chi connectivity index (χ4v) is 3.34. The number of halogens is 3. The van der Waals surface area contributed by atoms with Crippen molar-refractivity contribution in [2.75, 3.05) is 16.0 Å². The summed E-state index contributed by atoms with van der Waals surface area (Å²) >= 11 is 3.14. The van der Waals surface area contributed by atoms with Crippen LogP contribution in [-0.4, -0.2) is 25.7 Å². The van der Waals surface area contributed by atoms with Gasteiger partial charge in [-0.1, -0.05) is 12.6 Å². The third-order valence-electron chi connectivity index (χ3n) is 4.59. The van der Waals surface area contributed by atoms with Gasteiger partial charge in [0, 0.05) is 36.4 Å². The van der Waals surface area contributed by atoms with E-state index in [0.29, 0.717) is 27.0 Å². The van der Waals surface area contributed by atoms with E-state index in [9.17, 15) is 13.6 Å². The van der Waals surface area contributed by atoms with Crippen molar-refractivity contribution in [2.45, 2.75) is 0 Å². The average Bonchev–Trinajstić information content (AvgIpc) is 3.20. The molecule has 2 aromatic carbocycles. The van der Waals surface area contributed by atoms with Gasteiger partial charge in [-0.05, 0) is 57.9 Å².